The molecular formula is C18H17ClN4OS. The number of hydrazone groups is 1. The van der Waals surface area contributed by atoms with Gasteiger partial charge in [-0.25, -0.2) is 10.4 Å². The van der Waals surface area contributed by atoms with Crippen molar-refractivity contribution in [3.8, 4) is 0 Å². The van der Waals surface area contributed by atoms with Gasteiger partial charge in [-0.3, -0.25) is 4.79 Å². The van der Waals surface area contributed by atoms with E-state index in [-0.39, 0.29) is 11.7 Å². The first-order valence-electron chi connectivity index (χ1n) is 7.68. The first-order valence-corrected chi connectivity index (χ1v) is 9.05. The Kier molecular flexibility index (Phi) is 5.40. The lowest BCUT2D eigenvalue weighted by molar-refractivity contribution is -0.118. The number of carbonyl (C=O) groups is 1. The normalized spacial score (nSPS) is 11.3. The Morgan fingerprint density at radius 3 is 2.76 bits per heavy atom. The van der Waals surface area contributed by atoms with Crippen LogP contribution in [0.3, 0.4) is 0 Å². The summed E-state index contributed by atoms with van der Waals surface area (Å²) in [5.41, 5.74) is 7.66. The summed E-state index contributed by atoms with van der Waals surface area (Å²) in [6, 6.07) is 11.3. The lowest BCUT2D eigenvalue weighted by Crippen LogP contribution is -2.19. The van der Waals surface area contributed by atoms with Gasteiger partial charge in [0.1, 0.15) is 0 Å². The van der Waals surface area contributed by atoms with Gasteiger partial charge in [-0.15, -0.1) is 0 Å². The third-order valence-electron chi connectivity index (χ3n) is 3.69. The van der Waals surface area contributed by atoms with Gasteiger partial charge in [0, 0.05) is 5.02 Å². The molecular weight excluding hydrogens is 356 g/mol. The van der Waals surface area contributed by atoms with E-state index in [9.17, 15) is 4.79 Å². The molecule has 25 heavy (non-hydrogen) atoms. The number of halogens is 1. The Morgan fingerprint density at radius 1 is 1.28 bits per heavy atom. The van der Waals surface area contributed by atoms with Gasteiger partial charge in [-0.05, 0) is 54.8 Å². The predicted octanol–water partition coefficient (Wildman–Crippen LogP) is 4.08. The second-order valence-electron chi connectivity index (χ2n) is 5.63. The predicted molar refractivity (Wildman–Crippen MR) is 103 cm³/mol. The molecule has 0 aliphatic rings. The van der Waals surface area contributed by atoms with E-state index in [0.717, 1.165) is 21.8 Å². The standard InChI is InChI=1S/C18H17ClN4OS/c1-11-7-15-16(8-12(11)2)22-18(21-15)25-10-17(24)23-20-9-13-3-5-14(19)6-4-13/h3-9H,10H2,1-2H3,(H,21,22)(H,23,24)/b20-9+. The number of carbonyl (C=O) groups excluding carboxylic acids is 1. The number of hydrogen-bond donors (Lipinski definition) is 2. The van der Waals surface area contributed by atoms with Gasteiger partial charge in [0.15, 0.2) is 5.16 Å². The van der Waals surface area contributed by atoms with Gasteiger partial charge in [0.05, 0.1) is 23.0 Å². The summed E-state index contributed by atoms with van der Waals surface area (Å²) in [7, 11) is 0. The lowest BCUT2D eigenvalue weighted by atomic mass is 10.1. The van der Waals surface area contributed by atoms with Crippen LogP contribution in [0.5, 0.6) is 0 Å². The van der Waals surface area contributed by atoms with Crippen molar-refractivity contribution < 1.29 is 4.79 Å². The first-order chi connectivity index (χ1) is 12.0. The number of nitrogens with one attached hydrogen (secondary N) is 2. The van der Waals surface area contributed by atoms with E-state index in [4.69, 9.17) is 11.6 Å². The molecule has 2 aromatic carbocycles. The van der Waals surface area contributed by atoms with E-state index in [2.05, 4.69) is 40.4 Å². The monoisotopic (exact) mass is 372 g/mol. The Bertz CT molecular complexity index is 895. The van der Waals surface area contributed by atoms with Crippen LogP contribution in [0.4, 0.5) is 0 Å². The van der Waals surface area contributed by atoms with Crippen molar-refractivity contribution in [3.63, 3.8) is 0 Å². The van der Waals surface area contributed by atoms with Crippen molar-refractivity contribution in [2.45, 2.75) is 19.0 Å². The third-order valence-corrected chi connectivity index (χ3v) is 4.81. The van der Waals surface area contributed by atoms with Crippen molar-refractivity contribution >= 4 is 46.5 Å². The minimum Gasteiger partial charge on any atom is -0.333 e. The fraction of sp³-hybridized carbons (Fsp3) is 0.167. The van der Waals surface area contributed by atoms with Crippen LogP contribution in [0.25, 0.3) is 11.0 Å². The molecule has 0 fully saturated rings. The Morgan fingerprint density at radius 2 is 2.00 bits per heavy atom. The minimum atomic E-state index is -0.192. The topological polar surface area (TPSA) is 70.1 Å². The van der Waals surface area contributed by atoms with Crippen molar-refractivity contribution in [2.75, 3.05) is 5.75 Å². The number of aromatic nitrogens is 2. The number of thioether (sulfide) groups is 1. The van der Waals surface area contributed by atoms with Crippen molar-refractivity contribution in [1.82, 2.24) is 15.4 Å². The summed E-state index contributed by atoms with van der Waals surface area (Å²) in [4.78, 5) is 19.6. The quantitative estimate of drug-likeness (QED) is 0.403. The van der Waals surface area contributed by atoms with Gasteiger partial charge in [-0.1, -0.05) is 35.5 Å². The lowest BCUT2D eigenvalue weighted by Gasteiger charge is -1.98. The van der Waals surface area contributed by atoms with E-state index in [1.165, 1.54) is 22.9 Å². The highest BCUT2D eigenvalue weighted by molar-refractivity contribution is 7.99. The zero-order valence-electron chi connectivity index (χ0n) is 13.8. The molecule has 0 saturated carbocycles. The molecule has 3 aromatic rings. The number of imidazole rings is 1. The van der Waals surface area contributed by atoms with Crippen LogP contribution in [0.15, 0.2) is 46.7 Å². The van der Waals surface area contributed by atoms with Gasteiger partial charge >= 0.3 is 0 Å². The fourth-order valence-corrected chi connectivity index (χ4v) is 3.01. The van der Waals surface area contributed by atoms with E-state index in [1.54, 1.807) is 18.3 Å². The molecule has 0 spiro atoms. The summed E-state index contributed by atoms with van der Waals surface area (Å²) < 4.78 is 0. The molecule has 0 bridgehead atoms. The van der Waals surface area contributed by atoms with Crippen LogP contribution in [0.2, 0.25) is 5.02 Å². The molecule has 0 unspecified atom stereocenters. The highest BCUT2D eigenvalue weighted by Crippen LogP contribution is 2.22. The van der Waals surface area contributed by atoms with E-state index in [0.29, 0.717) is 5.02 Å². The molecule has 0 aliphatic heterocycles. The van der Waals surface area contributed by atoms with Gasteiger partial charge in [0.25, 0.3) is 5.91 Å². The molecule has 0 atom stereocenters. The summed E-state index contributed by atoms with van der Waals surface area (Å²) in [6.45, 7) is 4.12. The van der Waals surface area contributed by atoms with Crippen LogP contribution in [0, 0.1) is 13.8 Å². The fourth-order valence-electron chi connectivity index (χ4n) is 2.21. The zero-order chi connectivity index (χ0) is 17.8. The third kappa shape index (κ3) is 4.61. The van der Waals surface area contributed by atoms with Crippen molar-refractivity contribution in [3.05, 3.63) is 58.1 Å². The van der Waals surface area contributed by atoms with Crippen LogP contribution < -0.4 is 5.43 Å². The van der Waals surface area contributed by atoms with E-state index >= 15 is 0 Å². The number of fused-ring (bicyclic) bond motifs is 1. The molecule has 1 aromatic heterocycles. The van der Waals surface area contributed by atoms with Crippen LogP contribution >= 0.6 is 23.4 Å². The largest absolute Gasteiger partial charge is 0.333 e. The first kappa shape index (κ1) is 17.5. The van der Waals surface area contributed by atoms with Gasteiger partial charge < -0.3 is 4.98 Å². The molecule has 3 rings (SSSR count). The number of rotatable bonds is 5. The Balaban J connectivity index is 1.54. The molecule has 0 aliphatic carbocycles. The average molecular weight is 373 g/mol. The number of H-pyrrole nitrogens is 1. The molecule has 7 heteroatoms. The maximum Gasteiger partial charge on any atom is 0.250 e. The maximum absolute atomic E-state index is 11.9. The van der Waals surface area contributed by atoms with E-state index < -0.39 is 0 Å². The van der Waals surface area contributed by atoms with Crippen LogP contribution in [0.1, 0.15) is 16.7 Å². The zero-order valence-corrected chi connectivity index (χ0v) is 15.4. The highest BCUT2D eigenvalue weighted by Gasteiger charge is 2.07. The molecule has 0 saturated heterocycles. The molecule has 0 radical (unpaired) electrons. The molecule has 5 nitrogen and oxygen atoms in total. The van der Waals surface area contributed by atoms with Gasteiger partial charge in [-0.2, -0.15) is 5.10 Å². The maximum atomic E-state index is 11.9. The number of hydrogen-bond acceptors (Lipinski definition) is 4. The number of nitrogens with zero attached hydrogens (tertiary/aromatic N) is 2. The molecule has 1 amide bonds. The second-order valence-corrected chi connectivity index (χ2v) is 7.03. The summed E-state index contributed by atoms with van der Waals surface area (Å²) >= 11 is 7.16. The van der Waals surface area contributed by atoms with Crippen LogP contribution in [-0.2, 0) is 4.79 Å². The molecule has 128 valence electrons. The number of aromatic amines is 1. The highest BCUT2D eigenvalue weighted by atomic mass is 35.5. The SMILES string of the molecule is Cc1cc2nc(SCC(=O)N/N=C/c3ccc(Cl)cc3)[nH]c2cc1C. The number of benzene rings is 2. The van der Waals surface area contributed by atoms with E-state index in [1.807, 2.05) is 18.2 Å². The second kappa shape index (κ2) is 7.72. The summed E-state index contributed by atoms with van der Waals surface area (Å²) in [6.07, 6.45) is 1.58. The Hall–Kier alpha value is -2.31. The van der Waals surface area contributed by atoms with Crippen molar-refractivity contribution in [2.24, 2.45) is 5.10 Å². The number of aryl methyl sites for hydroxylation is 2. The molecule has 2 N–H and O–H groups in total. The Labute approximate surface area is 154 Å². The van der Waals surface area contributed by atoms with Crippen LogP contribution in [-0.4, -0.2) is 27.8 Å². The number of amides is 1. The summed E-state index contributed by atoms with van der Waals surface area (Å²) in [5, 5.41) is 5.32. The van der Waals surface area contributed by atoms with Gasteiger partial charge in [0.2, 0.25) is 0 Å². The van der Waals surface area contributed by atoms with Crippen molar-refractivity contribution in [1.29, 1.82) is 0 Å². The summed E-state index contributed by atoms with van der Waals surface area (Å²) in [5.74, 6) is 0.0403. The molecule has 1 heterocycles. The smallest absolute Gasteiger partial charge is 0.250 e. The average Bonchev–Trinajstić information content (AvgIpc) is 2.97. The minimum absolute atomic E-state index is 0.192.